The predicted molar refractivity (Wildman–Crippen MR) is 101 cm³/mol. The van der Waals surface area contributed by atoms with E-state index in [1.807, 2.05) is 42.5 Å². The molecule has 0 aliphatic heterocycles. The molecule has 0 radical (unpaired) electrons. The lowest BCUT2D eigenvalue weighted by Crippen LogP contribution is -2.00. The molecule has 0 saturated heterocycles. The van der Waals surface area contributed by atoms with Gasteiger partial charge in [0.15, 0.2) is 0 Å². The zero-order chi connectivity index (χ0) is 18.6. The molecule has 0 N–H and O–H groups in total. The molecule has 134 valence electrons. The minimum atomic E-state index is -0.413. The van der Waals surface area contributed by atoms with E-state index in [1.165, 1.54) is 6.07 Å². The lowest BCUT2D eigenvalue weighted by Gasteiger charge is -2.11. The van der Waals surface area contributed by atoms with Gasteiger partial charge in [0.05, 0.1) is 10.6 Å². The fourth-order valence-electron chi connectivity index (χ4n) is 2.62. The molecule has 3 aromatic carbocycles. The van der Waals surface area contributed by atoms with Crippen LogP contribution in [0.4, 0.5) is 4.39 Å². The SMILES string of the molecule is Fc1cccc(Cl)c1COc1ccccc1-c1nnc(-c2ccccc2)o1. The topological polar surface area (TPSA) is 48.2 Å². The highest BCUT2D eigenvalue weighted by Crippen LogP contribution is 2.32. The molecule has 1 heterocycles. The second kappa shape index (κ2) is 7.60. The Bertz CT molecular complexity index is 1050. The molecule has 4 aromatic rings. The summed E-state index contributed by atoms with van der Waals surface area (Å²) in [4.78, 5) is 0. The largest absolute Gasteiger partial charge is 0.488 e. The summed E-state index contributed by atoms with van der Waals surface area (Å²) in [6, 6.07) is 21.2. The Morgan fingerprint density at radius 1 is 0.852 bits per heavy atom. The molecule has 0 saturated carbocycles. The van der Waals surface area contributed by atoms with Crippen LogP contribution in [0, 0.1) is 5.82 Å². The number of ether oxygens (including phenoxy) is 1. The quantitative estimate of drug-likeness (QED) is 0.440. The zero-order valence-electron chi connectivity index (χ0n) is 14.1. The minimum absolute atomic E-state index is 0.0117. The standard InChI is InChI=1S/C21H14ClFN2O2/c22-17-10-6-11-18(23)16(17)13-26-19-12-5-4-9-15(19)21-25-24-20(27-21)14-7-2-1-3-8-14/h1-12H,13H2. The predicted octanol–water partition coefficient (Wildman–Crippen LogP) is 5.78. The molecule has 0 aliphatic rings. The van der Waals surface area contributed by atoms with Gasteiger partial charge in [-0.25, -0.2) is 4.39 Å². The second-order valence-corrected chi connectivity index (χ2v) is 6.17. The highest BCUT2D eigenvalue weighted by Gasteiger charge is 2.15. The van der Waals surface area contributed by atoms with E-state index >= 15 is 0 Å². The number of hydrogen-bond donors (Lipinski definition) is 0. The van der Waals surface area contributed by atoms with Crippen LogP contribution in [-0.4, -0.2) is 10.2 Å². The number of rotatable bonds is 5. The van der Waals surface area contributed by atoms with Crippen LogP contribution in [0.3, 0.4) is 0 Å². The summed E-state index contributed by atoms with van der Waals surface area (Å²) in [6.45, 7) is -0.0117. The van der Waals surface area contributed by atoms with Crippen molar-refractivity contribution in [3.05, 3.63) is 89.2 Å². The van der Waals surface area contributed by atoms with Crippen LogP contribution in [0.15, 0.2) is 77.2 Å². The Hall–Kier alpha value is -3.18. The number of aromatic nitrogens is 2. The Morgan fingerprint density at radius 3 is 2.41 bits per heavy atom. The van der Waals surface area contributed by atoms with Crippen molar-refractivity contribution < 1.29 is 13.5 Å². The molecule has 0 bridgehead atoms. The van der Waals surface area contributed by atoms with Crippen molar-refractivity contribution in [3.8, 4) is 28.7 Å². The lowest BCUT2D eigenvalue weighted by atomic mass is 10.2. The molecule has 1 aromatic heterocycles. The molecule has 0 spiro atoms. The zero-order valence-corrected chi connectivity index (χ0v) is 14.9. The number of halogens is 2. The lowest BCUT2D eigenvalue weighted by molar-refractivity contribution is 0.300. The van der Waals surface area contributed by atoms with Crippen molar-refractivity contribution in [1.82, 2.24) is 10.2 Å². The van der Waals surface area contributed by atoms with Crippen molar-refractivity contribution in [3.63, 3.8) is 0 Å². The Labute approximate surface area is 160 Å². The molecule has 0 aliphatic carbocycles. The number of hydrogen-bond acceptors (Lipinski definition) is 4. The molecule has 0 atom stereocenters. The van der Waals surface area contributed by atoms with E-state index in [0.717, 1.165) is 5.56 Å². The van der Waals surface area contributed by atoms with Crippen LogP contribution in [0.2, 0.25) is 5.02 Å². The number of benzene rings is 3. The van der Waals surface area contributed by atoms with Crippen LogP contribution >= 0.6 is 11.6 Å². The molecule has 0 amide bonds. The van der Waals surface area contributed by atoms with Gasteiger partial charge >= 0.3 is 0 Å². The maximum atomic E-state index is 14.0. The highest BCUT2D eigenvalue weighted by atomic mass is 35.5. The highest BCUT2D eigenvalue weighted by molar-refractivity contribution is 6.31. The van der Waals surface area contributed by atoms with Gasteiger partial charge in [-0.2, -0.15) is 0 Å². The fraction of sp³-hybridized carbons (Fsp3) is 0.0476. The maximum Gasteiger partial charge on any atom is 0.251 e. The molecule has 0 unspecified atom stereocenters. The van der Waals surface area contributed by atoms with E-state index in [4.69, 9.17) is 20.8 Å². The Balaban J connectivity index is 1.61. The van der Waals surface area contributed by atoms with Crippen molar-refractivity contribution in [2.45, 2.75) is 6.61 Å². The van der Waals surface area contributed by atoms with Gasteiger partial charge in [0.25, 0.3) is 5.89 Å². The van der Waals surface area contributed by atoms with Crippen LogP contribution in [0.5, 0.6) is 5.75 Å². The first-order valence-corrected chi connectivity index (χ1v) is 8.64. The van der Waals surface area contributed by atoms with E-state index in [-0.39, 0.29) is 6.61 Å². The molecule has 6 heteroatoms. The molecular formula is C21H14ClFN2O2. The Kier molecular flexibility index (Phi) is 4.85. The number of nitrogens with zero attached hydrogens (tertiary/aromatic N) is 2. The van der Waals surface area contributed by atoms with E-state index in [9.17, 15) is 4.39 Å². The van der Waals surface area contributed by atoms with Crippen molar-refractivity contribution >= 4 is 11.6 Å². The fourth-order valence-corrected chi connectivity index (χ4v) is 2.84. The van der Waals surface area contributed by atoms with E-state index in [2.05, 4.69) is 10.2 Å². The first-order chi connectivity index (χ1) is 13.2. The minimum Gasteiger partial charge on any atom is -0.488 e. The normalized spacial score (nSPS) is 10.7. The van der Waals surface area contributed by atoms with E-state index < -0.39 is 5.82 Å². The maximum absolute atomic E-state index is 14.0. The molecule has 4 nitrogen and oxygen atoms in total. The average Bonchev–Trinajstić information content (AvgIpc) is 3.19. The Morgan fingerprint density at radius 2 is 1.59 bits per heavy atom. The van der Waals surface area contributed by atoms with Gasteiger partial charge in [-0.3, -0.25) is 0 Å². The van der Waals surface area contributed by atoms with Crippen molar-refractivity contribution in [1.29, 1.82) is 0 Å². The summed E-state index contributed by atoms with van der Waals surface area (Å²) in [7, 11) is 0. The van der Waals surface area contributed by atoms with Crippen molar-refractivity contribution in [2.75, 3.05) is 0 Å². The third-order valence-corrected chi connectivity index (χ3v) is 4.35. The van der Waals surface area contributed by atoms with E-state index in [1.54, 1.807) is 24.3 Å². The van der Waals surface area contributed by atoms with Gasteiger partial charge in [-0.15, -0.1) is 10.2 Å². The number of para-hydroxylation sites is 1. The second-order valence-electron chi connectivity index (χ2n) is 5.76. The van der Waals surface area contributed by atoms with Gasteiger partial charge in [-0.05, 0) is 36.4 Å². The summed E-state index contributed by atoms with van der Waals surface area (Å²) in [5.41, 5.74) is 1.75. The smallest absolute Gasteiger partial charge is 0.251 e. The molecule has 0 fully saturated rings. The van der Waals surface area contributed by atoms with Gasteiger partial charge in [0, 0.05) is 11.1 Å². The summed E-state index contributed by atoms with van der Waals surface area (Å²) in [6.07, 6.45) is 0. The van der Waals surface area contributed by atoms with Crippen molar-refractivity contribution in [2.24, 2.45) is 0 Å². The van der Waals surface area contributed by atoms with Crippen LogP contribution in [-0.2, 0) is 6.61 Å². The van der Waals surface area contributed by atoms with Gasteiger partial charge in [0.2, 0.25) is 5.89 Å². The van der Waals surface area contributed by atoms with Crippen LogP contribution in [0.25, 0.3) is 22.9 Å². The average molecular weight is 381 g/mol. The summed E-state index contributed by atoms with van der Waals surface area (Å²) in [5.74, 6) is 0.825. The molecule has 27 heavy (non-hydrogen) atoms. The third-order valence-electron chi connectivity index (χ3n) is 4.00. The monoisotopic (exact) mass is 380 g/mol. The molecule has 4 rings (SSSR count). The van der Waals surface area contributed by atoms with E-state index in [0.29, 0.717) is 33.7 Å². The summed E-state index contributed by atoms with van der Waals surface area (Å²) < 4.78 is 25.6. The van der Waals surface area contributed by atoms with Gasteiger partial charge in [0.1, 0.15) is 18.2 Å². The first kappa shape index (κ1) is 17.2. The van der Waals surface area contributed by atoms with Gasteiger partial charge < -0.3 is 9.15 Å². The third kappa shape index (κ3) is 3.68. The summed E-state index contributed by atoms with van der Waals surface area (Å²) in [5, 5.41) is 8.53. The van der Waals surface area contributed by atoms with Crippen LogP contribution < -0.4 is 4.74 Å². The first-order valence-electron chi connectivity index (χ1n) is 8.26. The van der Waals surface area contributed by atoms with Crippen LogP contribution in [0.1, 0.15) is 5.56 Å². The van der Waals surface area contributed by atoms with Gasteiger partial charge in [-0.1, -0.05) is 48.0 Å². The molecular weight excluding hydrogens is 367 g/mol. The summed E-state index contributed by atoms with van der Waals surface area (Å²) >= 11 is 6.06.